The molecule has 2 aliphatic carbocycles. The summed E-state index contributed by atoms with van der Waals surface area (Å²) in [4.78, 5) is 35.9. The van der Waals surface area contributed by atoms with E-state index in [2.05, 4.69) is 34.9 Å². The van der Waals surface area contributed by atoms with Crippen molar-refractivity contribution in [1.29, 1.82) is 0 Å². The first-order valence-electron chi connectivity index (χ1n) is 12.5. The summed E-state index contributed by atoms with van der Waals surface area (Å²) in [7, 11) is 0. The molecule has 7 nitrogen and oxygen atoms in total. The van der Waals surface area contributed by atoms with E-state index < -0.39 is 12.1 Å². The predicted molar refractivity (Wildman–Crippen MR) is 133 cm³/mol. The number of carbonyl (C=O) groups is 3. The van der Waals surface area contributed by atoms with E-state index >= 15 is 0 Å². The molecule has 3 atom stereocenters. The number of carboxylic acids is 1. The van der Waals surface area contributed by atoms with Gasteiger partial charge in [-0.15, -0.1) is 0 Å². The van der Waals surface area contributed by atoms with Crippen LogP contribution in [-0.4, -0.2) is 42.3 Å². The zero-order valence-corrected chi connectivity index (χ0v) is 20.2. The Morgan fingerprint density at radius 3 is 2.34 bits per heavy atom. The van der Waals surface area contributed by atoms with Crippen LogP contribution in [0.5, 0.6) is 0 Å². The lowest BCUT2D eigenvalue weighted by atomic mass is 9.85. The lowest BCUT2D eigenvalue weighted by molar-refractivity contribution is -0.143. The highest BCUT2D eigenvalue weighted by Crippen LogP contribution is 2.44. The number of fused-ring (bicyclic) bond motifs is 3. The Morgan fingerprint density at radius 2 is 1.69 bits per heavy atom. The van der Waals surface area contributed by atoms with Crippen molar-refractivity contribution in [2.24, 2.45) is 11.8 Å². The Kier molecular flexibility index (Phi) is 8.06. The molecule has 2 aromatic carbocycles. The summed E-state index contributed by atoms with van der Waals surface area (Å²) in [5, 5.41) is 15.0. The molecule has 0 spiro atoms. The third-order valence-electron chi connectivity index (χ3n) is 7.17. The molecule has 1 saturated carbocycles. The van der Waals surface area contributed by atoms with E-state index in [0.29, 0.717) is 32.2 Å². The maximum atomic E-state index is 12.4. The first-order chi connectivity index (χ1) is 16.9. The number of carboxylic acid groups (broad SMARTS) is 1. The fraction of sp³-hybridized carbons (Fsp3) is 0.464. The lowest BCUT2D eigenvalue weighted by Gasteiger charge is -2.27. The summed E-state index contributed by atoms with van der Waals surface area (Å²) >= 11 is 0. The van der Waals surface area contributed by atoms with Crippen molar-refractivity contribution in [3.05, 3.63) is 59.7 Å². The van der Waals surface area contributed by atoms with Gasteiger partial charge in [0.25, 0.3) is 0 Å². The molecule has 186 valence electrons. The smallest absolute Gasteiger partial charge is 0.407 e. The quantitative estimate of drug-likeness (QED) is 0.485. The molecule has 2 aliphatic rings. The maximum absolute atomic E-state index is 12.4. The van der Waals surface area contributed by atoms with Gasteiger partial charge in [0, 0.05) is 24.9 Å². The third-order valence-corrected chi connectivity index (χ3v) is 7.17. The molecule has 2 amide bonds. The van der Waals surface area contributed by atoms with Crippen LogP contribution in [0.2, 0.25) is 0 Å². The molecule has 0 radical (unpaired) electrons. The summed E-state index contributed by atoms with van der Waals surface area (Å²) in [6, 6.07) is 16.4. The van der Waals surface area contributed by atoms with Crippen LogP contribution < -0.4 is 10.6 Å². The van der Waals surface area contributed by atoms with Crippen LogP contribution in [0.3, 0.4) is 0 Å². The van der Waals surface area contributed by atoms with Crippen molar-refractivity contribution in [2.75, 3.05) is 13.2 Å². The molecule has 0 heterocycles. The van der Waals surface area contributed by atoms with E-state index in [1.165, 1.54) is 22.3 Å². The lowest BCUT2D eigenvalue weighted by Crippen LogP contribution is -2.40. The van der Waals surface area contributed by atoms with Gasteiger partial charge in [-0.25, -0.2) is 4.79 Å². The van der Waals surface area contributed by atoms with Crippen molar-refractivity contribution in [2.45, 2.75) is 57.4 Å². The third kappa shape index (κ3) is 6.21. The molecular weight excluding hydrogens is 444 g/mol. The number of ether oxygens (including phenoxy) is 1. The zero-order valence-electron chi connectivity index (χ0n) is 20.2. The Bertz CT molecular complexity index is 1020. The Balaban J connectivity index is 1.17. The second-order valence-corrected chi connectivity index (χ2v) is 9.82. The average molecular weight is 479 g/mol. The van der Waals surface area contributed by atoms with Gasteiger partial charge in [-0.3, -0.25) is 9.59 Å². The van der Waals surface area contributed by atoms with E-state index in [4.69, 9.17) is 4.74 Å². The number of hydrogen-bond donors (Lipinski definition) is 3. The minimum absolute atomic E-state index is 0.0243. The highest BCUT2D eigenvalue weighted by atomic mass is 16.5. The summed E-state index contributed by atoms with van der Waals surface area (Å²) in [6.07, 6.45) is 3.37. The fourth-order valence-corrected chi connectivity index (χ4v) is 5.32. The van der Waals surface area contributed by atoms with Gasteiger partial charge in [-0.2, -0.15) is 0 Å². The van der Waals surface area contributed by atoms with Crippen LogP contribution in [0.4, 0.5) is 4.79 Å². The summed E-state index contributed by atoms with van der Waals surface area (Å²) < 4.78 is 5.56. The van der Waals surface area contributed by atoms with Gasteiger partial charge in [0.05, 0.1) is 5.92 Å². The van der Waals surface area contributed by atoms with Crippen molar-refractivity contribution in [1.82, 2.24) is 10.6 Å². The van der Waals surface area contributed by atoms with Crippen molar-refractivity contribution in [3.8, 4) is 11.1 Å². The second-order valence-electron chi connectivity index (χ2n) is 9.82. The van der Waals surface area contributed by atoms with Crippen molar-refractivity contribution < 1.29 is 24.2 Å². The number of carbonyl (C=O) groups excluding carboxylic acids is 2. The molecule has 0 aliphatic heterocycles. The van der Waals surface area contributed by atoms with Crippen LogP contribution in [0.25, 0.3) is 11.1 Å². The summed E-state index contributed by atoms with van der Waals surface area (Å²) in [6.45, 7) is 2.67. The van der Waals surface area contributed by atoms with Crippen LogP contribution in [0.15, 0.2) is 48.5 Å². The minimum Gasteiger partial charge on any atom is -0.481 e. The van der Waals surface area contributed by atoms with Crippen LogP contribution in [-0.2, 0) is 14.3 Å². The number of alkyl carbamates (subject to hydrolysis) is 1. The second kappa shape index (κ2) is 11.4. The van der Waals surface area contributed by atoms with Crippen LogP contribution in [0, 0.1) is 11.8 Å². The van der Waals surface area contributed by atoms with Gasteiger partial charge >= 0.3 is 12.1 Å². The average Bonchev–Trinajstić information content (AvgIpc) is 3.16. The molecule has 1 unspecified atom stereocenters. The fourth-order valence-electron chi connectivity index (χ4n) is 5.32. The number of aliphatic carboxylic acids is 1. The van der Waals surface area contributed by atoms with Crippen LogP contribution in [0.1, 0.15) is 62.5 Å². The molecule has 0 aromatic heterocycles. The van der Waals surface area contributed by atoms with Gasteiger partial charge in [0.2, 0.25) is 5.91 Å². The molecule has 0 saturated heterocycles. The van der Waals surface area contributed by atoms with Crippen molar-refractivity contribution in [3.63, 3.8) is 0 Å². The van der Waals surface area contributed by atoms with E-state index in [-0.39, 0.29) is 36.3 Å². The highest BCUT2D eigenvalue weighted by molar-refractivity contribution is 5.79. The standard InChI is InChI=1S/C28H34N2O5/c1-18(15-26(31)30-20-8-6-7-19(16-20)27(32)33)13-14-29-28(34)35-17-25-23-11-4-2-9-21(23)22-10-3-5-12-24(22)25/h2-5,9-12,18-20,25H,6-8,13-17H2,1H3,(H,29,34)(H,30,31)(H,32,33)/t18?,19-,20-/m1/s1. The molecular formula is C28H34N2O5. The molecule has 35 heavy (non-hydrogen) atoms. The van der Waals surface area contributed by atoms with E-state index in [1.54, 1.807) is 0 Å². The normalized spacial score (nSPS) is 19.8. The number of hydrogen-bond acceptors (Lipinski definition) is 4. The highest BCUT2D eigenvalue weighted by Gasteiger charge is 2.29. The predicted octanol–water partition coefficient (Wildman–Crippen LogP) is 4.70. The molecule has 3 N–H and O–H groups in total. The molecule has 0 bridgehead atoms. The Labute approximate surface area is 206 Å². The monoisotopic (exact) mass is 478 g/mol. The summed E-state index contributed by atoms with van der Waals surface area (Å²) in [5.41, 5.74) is 4.73. The molecule has 4 rings (SSSR count). The number of amides is 2. The van der Waals surface area contributed by atoms with Crippen LogP contribution >= 0.6 is 0 Å². The van der Waals surface area contributed by atoms with Crippen molar-refractivity contribution >= 4 is 18.0 Å². The first kappa shape index (κ1) is 24.8. The zero-order chi connectivity index (χ0) is 24.8. The van der Waals surface area contributed by atoms with Gasteiger partial charge < -0.3 is 20.5 Å². The van der Waals surface area contributed by atoms with Gasteiger partial charge in [-0.1, -0.05) is 61.9 Å². The van der Waals surface area contributed by atoms with E-state index in [9.17, 15) is 19.5 Å². The van der Waals surface area contributed by atoms with Gasteiger partial charge in [0.1, 0.15) is 6.61 Å². The van der Waals surface area contributed by atoms with E-state index in [0.717, 1.165) is 12.8 Å². The molecule has 1 fully saturated rings. The number of rotatable bonds is 9. The Morgan fingerprint density at radius 1 is 1.03 bits per heavy atom. The molecule has 7 heteroatoms. The summed E-state index contributed by atoms with van der Waals surface area (Å²) in [5.74, 6) is -1.10. The maximum Gasteiger partial charge on any atom is 0.407 e. The number of benzene rings is 2. The largest absolute Gasteiger partial charge is 0.481 e. The molecule has 2 aromatic rings. The minimum atomic E-state index is -0.781. The Hall–Kier alpha value is -3.35. The van der Waals surface area contributed by atoms with Gasteiger partial charge in [0.15, 0.2) is 0 Å². The van der Waals surface area contributed by atoms with E-state index in [1.807, 2.05) is 31.2 Å². The first-order valence-corrected chi connectivity index (χ1v) is 12.5. The number of nitrogens with one attached hydrogen (secondary N) is 2. The SMILES string of the molecule is CC(CCNC(=O)OCC1c2ccccc2-c2ccccc21)CC(=O)N[C@@H]1CCC[C@@H](C(=O)O)C1. The van der Waals surface area contributed by atoms with Gasteiger partial charge in [-0.05, 0) is 53.9 Å². The topological polar surface area (TPSA) is 105 Å².